The summed E-state index contributed by atoms with van der Waals surface area (Å²) in [4.78, 5) is 1.26. The Morgan fingerprint density at radius 1 is 1.20 bits per heavy atom. The number of benzene rings is 1. The van der Waals surface area contributed by atoms with Crippen LogP contribution in [0.4, 0.5) is 0 Å². The van der Waals surface area contributed by atoms with Crippen molar-refractivity contribution >= 4 is 11.8 Å². The molecule has 0 aliphatic rings. The van der Waals surface area contributed by atoms with Crippen LogP contribution in [0.15, 0.2) is 51.9 Å². The second kappa shape index (κ2) is 5.25. The van der Waals surface area contributed by atoms with Crippen LogP contribution >= 0.6 is 11.8 Å². The summed E-state index contributed by atoms with van der Waals surface area (Å²) in [7, 11) is 0. The van der Waals surface area contributed by atoms with Crippen molar-refractivity contribution in [2.24, 2.45) is 5.41 Å². The maximum absolute atomic E-state index is 3.33. The third-order valence-electron chi connectivity index (χ3n) is 2.34. The number of allylic oxidation sites excluding steroid dienone is 1. The van der Waals surface area contributed by atoms with Crippen LogP contribution in [0, 0.1) is 5.41 Å². The van der Waals surface area contributed by atoms with Crippen LogP contribution < -0.4 is 0 Å². The van der Waals surface area contributed by atoms with Gasteiger partial charge in [-0.25, -0.2) is 0 Å². The highest BCUT2D eigenvalue weighted by Gasteiger charge is 2.11. The fourth-order valence-electron chi connectivity index (χ4n) is 0.901. The predicted octanol–water partition coefficient (Wildman–Crippen LogP) is 4.88. The quantitative estimate of drug-likeness (QED) is 0.503. The minimum atomic E-state index is 0.216. The highest BCUT2D eigenvalue weighted by molar-refractivity contribution is 8.02. The van der Waals surface area contributed by atoms with Crippen molar-refractivity contribution in [1.82, 2.24) is 0 Å². The highest BCUT2D eigenvalue weighted by atomic mass is 32.2. The van der Waals surface area contributed by atoms with Crippen LogP contribution in [-0.2, 0) is 0 Å². The Kier molecular flexibility index (Phi) is 4.26. The Hall–Kier alpha value is -0.910. The normalized spacial score (nSPS) is 10.7. The van der Waals surface area contributed by atoms with Gasteiger partial charge in [-0.05, 0) is 30.0 Å². The zero-order chi connectivity index (χ0) is 11.3. The van der Waals surface area contributed by atoms with Crippen LogP contribution in [-0.4, -0.2) is 0 Å². The molecule has 0 heterocycles. The van der Waals surface area contributed by atoms with E-state index in [-0.39, 0.29) is 5.41 Å². The summed E-state index contributed by atoms with van der Waals surface area (Å²) in [6.45, 7) is 8.74. The summed E-state index contributed by atoms with van der Waals surface area (Å²) < 4.78 is 0. The van der Waals surface area contributed by atoms with Gasteiger partial charge in [-0.1, -0.05) is 50.7 Å². The number of rotatable bonds is 2. The van der Waals surface area contributed by atoms with Gasteiger partial charge in [0.25, 0.3) is 0 Å². The van der Waals surface area contributed by atoms with E-state index in [0.29, 0.717) is 0 Å². The molecule has 1 heteroatoms. The molecule has 0 saturated carbocycles. The van der Waals surface area contributed by atoms with E-state index in [1.165, 1.54) is 10.5 Å². The molecular formula is C14H18S. The molecule has 1 rings (SSSR count). The van der Waals surface area contributed by atoms with Gasteiger partial charge < -0.3 is 0 Å². The third kappa shape index (κ3) is 4.42. The largest absolute Gasteiger partial charge is 0.114 e. The van der Waals surface area contributed by atoms with Crippen molar-refractivity contribution in [2.45, 2.75) is 32.6 Å². The van der Waals surface area contributed by atoms with E-state index in [1.807, 2.05) is 11.5 Å². The second-order valence-electron chi connectivity index (χ2n) is 4.57. The molecule has 0 nitrogen and oxygen atoms in total. The monoisotopic (exact) mass is 218 g/mol. The van der Waals surface area contributed by atoms with Gasteiger partial charge in [0.15, 0.2) is 0 Å². The summed E-state index contributed by atoms with van der Waals surface area (Å²) in [5.74, 6) is 0. The zero-order valence-corrected chi connectivity index (χ0v) is 10.7. The van der Waals surface area contributed by atoms with Crippen molar-refractivity contribution in [3.05, 3.63) is 47.0 Å². The van der Waals surface area contributed by atoms with Gasteiger partial charge in [-0.2, -0.15) is 0 Å². The van der Waals surface area contributed by atoms with Gasteiger partial charge in [0, 0.05) is 10.3 Å². The molecule has 0 saturated heterocycles. The molecule has 0 aromatic heterocycles. The van der Waals surface area contributed by atoms with E-state index in [4.69, 9.17) is 0 Å². The molecule has 80 valence electrons. The maximum Gasteiger partial charge on any atom is 0.0178 e. The third-order valence-corrected chi connectivity index (χ3v) is 3.12. The Labute approximate surface area is 97.1 Å². The van der Waals surface area contributed by atoms with Gasteiger partial charge in [0.05, 0.1) is 0 Å². The average molecular weight is 218 g/mol. The lowest BCUT2D eigenvalue weighted by molar-refractivity contribution is 0.505. The average Bonchev–Trinajstić information content (AvgIpc) is 2.18. The lowest BCUT2D eigenvalue weighted by Gasteiger charge is -2.16. The maximum atomic E-state index is 3.33. The molecule has 1 aromatic rings. The first-order valence-electron chi connectivity index (χ1n) is 5.14. The van der Waals surface area contributed by atoms with Crippen LogP contribution in [0.1, 0.15) is 27.7 Å². The zero-order valence-electron chi connectivity index (χ0n) is 9.87. The molecule has 0 aliphatic carbocycles. The molecule has 0 N–H and O–H groups in total. The SMILES string of the molecule is CC(=C=CSc1ccccc1)C(C)(C)C. The lowest BCUT2D eigenvalue weighted by atomic mass is 9.88. The summed E-state index contributed by atoms with van der Waals surface area (Å²) in [6, 6.07) is 10.3. The standard InChI is InChI=1S/C14H18S/c1-12(14(2,3)4)10-11-15-13-8-6-5-7-9-13/h5-9,11H,1-4H3. The first kappa shape index (κ1) is 12.2. The Balaban J connectivity index is 2.69. The summed E-state index contributed by atoms with van der Waals surface area (Å²) in [5.41, 5.74) is 4.82. The summed E-state index contributed by atoms with van der Waals surface area (Å²) >= 11 is 1.71. The first-order valence-corrected chi connectivity index (χ1v) is 6.02. The van der Waals surface area contributed by atoms with Gasteiger partial charge in [-0.3, -0.25) is 0 Å². The van der Waals surface area contributed by atoms with E-state index >= 15 is 0 Å². The molecule has 0 fully saturated rings. The molecule has 15 heavy (non-hydrogen) atoms. The molecule has 1 aromatic carbocycles. The number of hydrogen-bond donors (Lipinski definition) is 0. The first-order chi connectivity index (χ1) is 7.00. The van der Waals surface area contributed by atoms with Crippen molar-refractivity contribution in [2.75, 3.05) is 0 Å². The molecular weight excluding hydrogens is 200 g/mol. The summed E-state index contributed by atoms with van der Waals surface area (Å²) in [6.07, 6.45) is 0. The van der Waals surface area contributed by atoms with E-state index in [1.54, 1.807) is 11.8 Å². The van der Waals surface area contributed by atoms with Crippen LogP contribution in [0.5, 0.6) is 0 Å². The van der Waals surface area contributed by atoms with Crippen molar-refractivity contribution in [3.63, 3.8) is 0 Å². The Morgan fingerprint density at radius 3 is 2.33 bits per heavy atom. The molecule has 0 amide bonds. The minimum absolute atomic E-state index is 0.216. The van der Waals surface area contributed by atoms with Gasteiger partial charge >= 0.3 is 0 Å². The number of thioether (sulfide) groups is 1. The second-order valence-corrected chi connectivity index (χ2v) is 5.51. The van der Waals surface area contributed by atoms with Crippen molar-refractivity contribution in [1.29, 1.82) is 0 Å². The van der Waals surface area contributed by atoms with Gasteiger partial charge in [0.1, 0.15) is 0 Å². The predicted molar refractivity (Wildman–Crippen MR) is 69.0 cm³/mol. The van der Waals surface area contributed by atoms with E-state index in [9.17, 15) is 0 Å². The molecule has 0 aliphatic heterocycles. The molecule has 0 bridgehead atoms. The fourth-order valence-corrected chi connectivity index (χ4v) is 1.59. The number of hydrogen-bond acceptors (Lipinski definition) is 1. The van der Waals surface area contributed by atoms with Crippen LogP contribution in [0.2, 0.25) is 0 Å². The summed E-state index contributed by atoms with van der Waals surface area (Å²) in [5, 5.41) is 2.04. The molecule has 0 spiro atoms. The van der Waals surface area contributed by atoms with Gasteiger partial charge in [-0.15, -0.1) is 5.73 Å². The topological polar surface area (TPSA) is 0 Å². The van der Waals surface area contributed by atoms with Crippen LogP contribution in [0.3, 0.4) is 0 Å². The lowest BCUT2D eigenvalue weighted by Crippen LogP contribution is -2.04. The van der Waals surface area contributed by atoms with E-state index in [2.05, 4.69) is 57.7 Å². The van der Waals surface area contributed by atoms with E-state index in [0.717, 1.165) is 0 Å². The molecule has 0 radical (unpaired) electrons. The Bertz CT molecular complexity index is 362. The van der Waals surface area contributed by atoms with E-state index < -0.39 is 0 Å². The Morgan fingerprint density at radius 2 is 1.80 bits per heavy atom. The van der Waals surface area contributed by atoms with Crippen molar-refractivity contribution < 1.29 is 0 Å². The minimum Gasteiger partial charge on any atom is -0.114 e. The van der Waals surface area contributed by atoms with Gasteiger partial charge in [0.2, 0.25) is 0 Å². The smallest absolute Gasteiger partial charge is 0.0178 e. The van der Waals surface area contributed by atoms with Crippen LogP contribution in [0.25, 0.3) is 0 Å². The fraction of sp³-hybridized carbons (Fsp3) is 0.357. The molecule has 0 unspecified atom stereocenters. The van der Waals surface area contributed by atoms with Crippen molar-refractivity contribution in [3.8, 4) is 0 Å². The molecule has 0 atom stereocenters. The highest BCUT2D eigenvalue weighted by Crippen LogP contribution is 2.24.